The number of aromatic nitrogens is 1. The first kappa shape index (κ1) is 10.2. The normalized spacial score (nSPS) is 15.9. The number of rotatable bonds is 1. The number of benzene rings is 1. The van der Waals surface area contributed by atoms with E-state index < -0.39 is 0 Å². The molecule has 0 aliphatic carbocycles. The lowest BCUT2D eigenvalue weighted by Crippen LogP contribution is -2.57. The molecule has 0 spiro atoms. The molecule has 0 unspecified atom stereocenters. The second kappa shape index (κ2) is 3.82. The van der Waals surface area contributed by atoms with Crippen molar-refractivity contribution in [2.75, 3.05) is 13.1 Å². The van der Waals surface area contributed by atoms with E-state index in [4.69, 9.17) is 5.73 Å². The summed E-state index contributed by atoms with van der Waals surface area (Å²) in [4.78, 5) is 18.2. The van der Waals surface area contributed by atoms with E-state index in [1.54, 1.807) is 17.2 Å². The van der Waals surface area contributed by atoms with Crippen molar-refractivity contribution in [1.29, 1.82) is 0 Å². The third-order valence-electron chi connectivity index (χ3n) is 3.08. The van der Waals surface area contributed by atoms with Crippen LogP contribution in [0.2, 0.25) is 0 Å². The van der Waals surface area contributed by atoms with Crippen molar-refractivity contribution in [2.24, 2.45) is 5.73 Å². The van der Waals surface area contributed by atoms with Crippen LogP contribution >= 0.6 is 0 Å². The van der Waals surface area contributed by atoms with Gasteiger partial charge in [-0.25, -0.2) is 0 Å². The van der Waals surface area contributed by atoms with E-state index in [0.717, 1.165) is 10.9 Å². The predicted molar refractivity (Wildman–Crippen MR) is 65.6 cm³/mol. The maximum Gasteiger partial charge on any atom is 0.254 e. The molecule has 3 rings (SSSR count). The van der Waals surface area contributed by atoms with Crippen LogP contribution in [0.5, 0.6) is 0 Å². The summed E-state index contributed by atoms with van der Waals surface area (Å²) in [5.41, 5.74) is 7.25. The Balaban J connectivity index is 2.02. The highest BCUT2D eigenvalue weighted by atomic mass is 16.2. The van der Waals surface area contributed by atoms with Crippen molar-refractivity contribution in [3.8, 4) is 0 Å². The molecule has 17 heavy (non-hydrogen) atoms. The van der Waals surface area contributed by atoms with Crippen molar-refractivity contribution >= 4 is 16.8 Å². The van der Waals surface area contributed by atoms with E-state index in [9.17, 15) is 4.79 Å². The van der Waals surface area contributed by atoms with Crippen LogP contribution in [0.3, 0.4) is 0 Å². The van der Waals surface area contributed by atoms with Crippen LogP contribution in [-0.4, -0.2) is 34.9 Å². The molecule has 0 bridgehead atoms. The molecule has 1 aromatic carbocycles. The second-order valence-electron chi connectivity index (χ2n) is 4.35. The molecule has 1 fully saturated rings. The molecule has 2 N–H and O–H groups in total. The summed E-state index contributed by atoms with van der Waals surface area (Å²) in [6.45, 7) is 1.30. The molecule has 4 nitrogen and oxygen atoms in total. The van der Waals surface area contributed by atoms with Gasteiger partial charge in [-0.15, -0.1) is 0 Å². The Morgan fingerprint density at radius 1 is 1.29 bits per heavy atom. The summed E-state index contributed by atoms with van der Waals surface area (Å²) in [5.74, 6) is 0.0466. The third-order valence-corrected chi connectivity index (χ3v) is 3.08. The van der Waals surface area contributed by atoms with E-state index in [1.165, 1.54) is 0 Å². The van der Waals surface area contributed by atoms with Crippen molar-refractivity contribution in [2.45, 2.75) is 6.04 Å². The highest BCUT2D eigenvalue weighted by Gasteiger charge is 2.29. The van der Waals surface area contributed by atoms with E-state index in [2.05, 4.69) is 4.98 Å². The van der Waals surface area contributed by atoms with Crippen LogP contribution in [0.25, 0.3) is 10.9 Å². The topological polar surface area (TPSA) is 59.2 Å². The SMILES string of the molecule is NC1CN(C(=O)c2ccnc3ccccc23)C1. The van der Waals surface area contributed by atoms with Crippen molar-refractivity contribution < 1.29 is 4.79 Å². The third kappa shape index (κ3) is 1.66. The van der Waals surface area contributed by atoms with Gasteiger partial charge in [0.05, 0.1) is 11.1 Å². The molecule has 4 heteroatoms. The Hall–Kier alpha value is -1.94. The van der Waals surface area contributed by atoms with Crippen LogP contribution in [0.15, 0.2) is 36.5 Å². The van der Waals surface area contributed by atoms with E-state index in [0.29, 0.717) is 18.7 Å². The number of nitrogens with two attached hydrogens (primary N) is 1. The fourth-order valence-electron chi connectivity index (χ4n) is 2.13. The van der Waals surface area contributed by atoms with Crippen LogP contribution in [0.1, 0.15) is 10.4 Å². The molecule has 2 aromatic rings. The molecular formula is C13H13N3O. The second-order valence-corrected chi connectivity index (χ2v) is 4.35. The van der Waals surface area contributed by atoms with Gasteiger partial charge in [-0.3, -0.25) is 9.78 Å². The maximum atomic E-state index is 12.2. The number of nitrogens with zero attached hydrogens (tertiary/aromatic N) is 2. The number of amides is 1. The van der Waals surface area contributed by atoms with Crippen LogP contribution in [-0.2, 0) is 0 Å². The summed E-state index contributed by atoms with van der Waals surface area (Å²) >= 11 is 0. The first-order valence-electron chi connectivity index (χ1n) is 5.64. The standard InChI is InChI=1S/C13H13N3O/c14-9-7-16(8-9)13(17)11-5-6-15-12-4-2-1-3-10(11)12/h1-6,9H,7-8,14H2. The Morgan fingerprint density at radius 2 is 2.06 bits per heavy atom. The van der Waals surface area contributed by atoms with Gasteiger partial charge in [0, 0.05) is 30.7 Å². The number of hydrogen-bond donors (Lipinski definition) is 1. The number of pyridine rings is 1. The molecule has 0 atom stereocenters. The first-order valence-corrected chi connectivity index (χ1v) is 5.64. The Morgan fingerprint density at radius 3 is 2.82 bits per heavy atom. The van der Waals surface area contributed by atoms with Gasteiger partial charge in [-0.1, -0.05) is 18.2 Å². The number of para-hydroxylation sites is 1. The van der Waals surface area contributed by atoms with Gasteiger partial charge in [-0.05, 0) is 12.1 Å². The minimum Gasteiger partial charge on any atom is -0.335 e. The van der Waals surface area contributed by atoms with E-state index in [1.807, 2.05) is 24.3 Å². The average molecular weight is 227 g/mol. The molecular weight excluding hydrogens is 214 g/mol. The fraction of sp³-hybridized carbons (Fsp3) is 0.231. The van der Waals surface area contributed by atoms with Crippen molar-refractivity contribution in [1.82, 2.24) is 9.88 Å². The highest BCUT2D eigenvalue weighted by Crippen LogP contribution is 2.20. The molecule has 2 heterocycles. The number of carbonyl (C=O) groups is 1. The summed E-state index contributed by atoms with van der Waals surface area (Å²) in [6, 6.07) is 9.58. The fourth-order valence-corrected chi connectivity index (χ4v) is 2.13. The summed E-state index contributed by atoms with van der Waals surface area (Å²) in [5, 5.41) is 0.903. The number of likely N-dealkylation sites (tertiary alicyclic amines) is 1. The van der Waals surface area contributed by atoms with Crippen LogP contribution in [0, 0.1) is 0 Å². The van der Waals surface area contributed by atoms with Gasteiger partial charge in [0.2, 0.25) is 0 Å². The molecule has 1 amide bonds. The zero-order valence-electron chi connectivity index (χ0n) is 9.34. The van der Waals surface area contributed by atoms with Gasteiger partial charge in [0.1, 0.15) is 0 Å². The van der Waals surface area contributed by atoms with Gasteiger partial charge < -0.3 is 10.6 Å². The van der Waals surface area contributed by atoms with Gasteiger partial charge in [0.15, 0.2) is 0 Å². The largest absolute Gasteiger partial charge is 0.335 e. The molecule has 1 aliphatic heterocycles. The van der Waals surface area contributed by atoms with E-state index in [-0.39, 0.29) is 11.9 Å². The van der Waals surface area contributed by atoms with Crippen LogP contribution in [0.4, 0.5) is 0 Å². The first-order chi connectivity index (χ1) is 8.25. The van der Waals surface area contributed by atoms with E-state index >= 15 is 0 Å². The lowest BCUT2D eigenvalue weighted by Gasteiger charge is -2.37. The number of hydrogen-bond acceptors (Lipinski definition) is 3. The summed E-state index contributed by atoms with van der Waals surface area (Å²) < 4.78 is 0. The Kier molecular flexibility index (Phi) is 2.30. The lowest BCUT2D eigenvalue weighted by atomic mass is 10.0. The van der Waals surface area contributed by atoms with Crippen LogP contribution < -0.4 is 5.73 Å². The number of carbonyl (C=O) groups excluding carboxylic acids is 1. The summed E-state index contributed by atoms with van der Waals surface area (Å²) in [6.07, 6.45) is 1.68. The molecule has 0 saturated carbocycles. The number of fused-ring (bicyclic) bond motifs is 1. The monoisotopic (exact) mass is 227 g/mol. The zero-order valence-corrected chi connectivity index (χ0v) is 9.34. The van der Waals surface area contributed by atoms with Crippen molar-refractivity contribution in [3.05, 3.63) is 42.1 Å². The molecule has 1 saturated heterocycles. The Labute approximate surface area is 99.0 Å². The Bertz CT molecular complexity index is 570. The molecule has 1 aliphatic rings. The molecule has 0 radical (unpaired) electrons. The smallest absolute Gasteiger partial charge is 0.254 e. The average Bonchev–Trinajstić information content (AvgIpc) is 2.33. The molecule has 86 valence electrons. The highest BCUT2D eigenvalue weighted by molar-refractivity contribution is 6.06. The quantitative estimate of drug-likeness (QED) is 0.791. The maximum absolute atomic E-state index is 12.2. The minimum atomic E-state index is 0.0466. The summed E-state index contributed by atoms with van der Waals surface area (Å²) in [7, 11) is 0. The predicted octanol–water partition coefficient (Wildman–Crippen LogP) is 1.02. The molecule has 1 aromatic heterocycles. The zero-order chi connectivity index (χ0) is 11.8. The van der Waals surface area contributed by atoms with Crippen molar-refractivity contribution in [3.63, 3.8) is 0 Å². The minimum absolute atomic E-state index is 0.0466. The van der Waals surface area contributed by atoms with Gasteiger partial charge in [-0.2, -0.15) is 0 Å². The van der Waals surface area contributed by atoms with Gasteiger partial charge in [0.25, 0.3) is 5.91 Å². The lowest BCUT2D eigenvalue weighted by molar-refractivity contribution is 0.0610. The van der Waals surface area contributed by atoms with Gasteiger partial charge >= 0.3 is 0 Å².